The van der Waals surface area contributed by atoms with Gasteiger partial charge in [0.1, 0.15) is 17.7 Å². The summed E-state index contributed by atoms with van der Waals surface area (Å²) in [6.07, 6.45) is 0.348. The molecule has 0 radical (unpaired) electrons. The van der Waals surface area contributed by atoms with E-state index < -0.39 is 7.60 Å². The lowest BCUT2D eigenvalue weighted by atomic mass is 10.1. The highest BCUT2D eigenvalue weighted by molar-refractivity contribution is 7.54. The second kappa shape index (κ2) is 6.69. The Morgan fingerprint density at radius 1 is 1.28 bits per heavy atom. The standard InChI is InChI=1S/C12H17O5P/c1-16-18(15,17-2)9-11(13)8-7-10-5-3-4-6-12(10)14/h3-6,14H,7-9H2,1-2H3. The van der Waals surface area contributed by atoms with Crippen LogP contribution in [0.3, 0.4) is 0 Å². The van der Waals surface area contributed by atoms with Crippen LogP contribution in [0, 0.1) is 0 Å². The van der Waals surface area contributed by atoms with Gasteiger partial charge in [-0.1, -0.05) is 18.2 Å². The first-order valence-corrected chi connectivity index (χ1v) is 7.22. The SMILES string of the molecule is COP(=O)(CC(=O)CCc1ccccc1O)OC. The van der Waals surface area contributed by atoms with Crippen molar-refractivity contribution in [3.8, 4) is 5.75 Å². The van der Waals surface area contributed by atoms with Gasteiger partial charge in [0.15, 0.2) is 0 Å². The van der Waals surface area contributed by atoms with Crippen LogP contribution < -0.4 is 0 Å². The molecule has 0 aromatic heterocycles. The van der Waals surface area contributed by atoms with Crippen LogP contribution in [-0.2, 0) is 24.8 Å². The largest absolute Gasteiger partial charge is 0.508 e. The van der Waals surface area contributed by atoms with Gasteiger partial charge in [0.2, 0.25) is 0 Å². The number of aromatic hydroxyl groups is 1. The van der Waals surface area contributed by atoms with Crippen molar-refractivity contribution in [3.05, 3.63) is 29.8 Å². The van der Waals surface area contributed by atoms with Crippen molar-refractivity contribution in [2.24, 2.45) is 0 Å². The van der Waals surface area contributed by atoms with Crippen LogP contribution in [0.5, 0.6) is 5.75 Å². The molecule has 0 amide bonds. The fourth-order valence-corrected chi connectivity index (χ4v) is 2.49. The Morgan fingerprint density at radius 3 is 2.44 bits per heavy atom. The van der Waals surface area contributed by atoms with E-state index in [4.69, 9.17) is 9.05 Å². The highest BCUT2D eigenvalue weighted by Crippen LogP contribution is 2.46. The van der Waals surface area contributed by atoms with E-state index >= 15 is 0 Å². The molecule has 0 saturated carbocycles. The summed E-state index contributed by atoms with van der Waals surface area (Å²) in [6, 6.07) is 6.81. The normalized spacial score (nSPS) is 11.4. The van der Waals surface area contributed by atoms with Crippen molar-refractivity contribution >= 4 is 13.4 Å². The molecule has 1 N–H and O–H groups in total. The minimum Gasteiger partial charge on any atom is -0.508 e. The number of benzene rings is 1. The Morgan fingerprint density at radius 2 is 1.89 bits per heavy atom. The van der Waals surface area contributed by atoms with Gasteiger partial charge < -0.3 is 14.2 Å². The van der Waals surface area contributed by atoms with E-state index in [0.717, 1.165) is 0 Å². The lowest BCUT2D eigenvalue weighted by Gasteiger charge is -2.12. The summed E-state index contributed by atoms with van der Waals surface area (Å²) in [5.74, 6) is -0.0581. The average molecular weight is 272 g/mol. The van der Waals surface area contributed by atoms with Crippen molar-refractivity contribution < 1.29 is 23.5 Å². The smallest absolute Gasteiger partial charge is 0.337 e. The average Bonchev–Trinajstić information content (AvgIpc) is 2.37. The van der Waals surface area contributed by atoms with Crippen LogP contribution in [0.15, 0.2) is 24.3 Å². The van der Waals surface area contributed by atoms with Crippen LogP contribution in [0.4, 0.5) is 0 Å². The van der Waals surface area contributed by atoms with Crippen LogP contribution in [0.1, 0.15) is 12.0 Å². The second-order valence-electron chi connectivity index (χ2n) is 3.80. The number of carbonyl (C=O) groups is 1. The minimum absolute atomic E-state index is 0.159. The Kier molecular flexibility index (Phi) is 5.54. The van der Waals surface area contributed by atoms with Crippen molar-refractivity contribution in [3.63, 3.8) is 0 Å². The zero-order chi connectivity index (χ0) is 13.6. The van der Waals surface area contributed by atoms with E-state index in [1.165, 1.54) is 14.2 Å². The van der Waals surface area contributed by atoms with Gasteiger partial charge in [-0.3, -0.25) is 9.36 Å². The summed E-state index contributed by atoms with van der Waals surface area (Å²) in [7, 11) is -0.781. The molecule has 0 fully saturated rings. The van der Waals surface area contributed by atoms with Crippen LogP contribution in [0.25, 0.3) is 0 Å². The van der Waals surface area contributed by atoms with Crippen LogP contribution in [0.2, 0.25) is 0 Å². The number of phenols is 1. The fraction of sp³-hybridized carbons (Fsp3) is 0.417. The topological polar surface area (TPSA) is 72.8 Å². The zero-order valence-corrected chi connectivity index (χ0v) is 11.4. The summed E-state index contributed by atoms with van der Waals surface area (Å²) < 4.78 is 21.1. The van der Waals surface area contributed by atoms with E-state index in [1.54, 1.807) is 24.3 Å². The van der Waals surface area contributed by atoms with Crippen molar-refractivity contribution in [2.75, 3.05) is 20.4 Å². The fourth-order valence-electron chi connectivity index (χ4n) is 1.50. The molecule has 1 aromatic carbocycles. The molecule has 18 heavy (non-hydrogen) atoms. The van der Waals surface area contributed by atoms with E-state index in [2.05, 4.69) is 0 Å². The van der Waals surface area contributed by atoms with Gasteiger partial charge >= 0.3 is 7.60 Å². The van der Waals surface area contributed by atoms with E-state index in [0.29, 0.717) is 12.0 Å². The molecule has 0 aliphatic heterocycles. The van der Waals surface area contributed by atoms with Gasteiger partial charge in [-0.15, -0.1) is 0 Å². The number of aryl methyl sites for hydroxylation is 1. The number of para-hydroxylation sites is 1. The van der Waals surface area contributed by atoms with E-state index in [1.807, 2.05) is 0 Å². The quantitative estimate of drug-likeness (QED) is 0.771. The van der Waals surface area contributed by atoms with Crippen LogP contribution in [-0.4, -0.2) is 31.3 Å². The van der Waals surface area contributed by atoms with Crippen molar-refractivity contribution in [2.45, 2.75) is 12.8 Å². The summed E-state index contributed by atoms with van der Waals surface area (Å²) in [6.45, 7) is 0. The number of hydrogen-bond donors (Lipinski definition) is 1. The van der Waals surface area contributed by atoms with Gasteiger partial charge in [0, 0.05) is 20.6 Å². The molecule has 1 rings (SSSR count). The molecule has 100 valence electrons. The lowest BCUT2D eigenvalue weighted by Crippen LogP contribution is -2.08. The molecule has 0 saturated heterocycles. The molecule has 0 unspecified atom stereocenters. The Balaban J connectivity index is 2.52. The zero-order valence-electron chi connectivity index (χ0n) is 10.5. The molecular weight excluding hydrogens is 255 g/mol. The molecule has 0 heterocycles. The molecule has 1 aromatic rings. The third-order valence-electron chi connectivity index (χ3n) is 2.59. The number of rotatable bonds is 7. The first kappa shape index (κ1) is 14.9. The third-order valence-corrected chi connectivity index (χ3v) is 4.44. The molecule has 0 aliphatic rings. The third kappa shape index (κ3) is 4.26. The molecular formula is C12H17O5P. The summed E-state index contributed by atoms with van der Waals surface area (Å²) in [4.78, 5) is 11.6. The molecule has 5 nitrogen and oxygen atoms in total. The van der Waals surface area contributed by atoms with Gasteiger partial charge in [0.25, 0.3) is 0 Å². The molecule has 0 atom stereocenters. The molecule has 0 spiro atoms. The number of ketones is 1. The summed E-state index contributed by atoms with van der Waals surface area (Å²) in [5.41, 5.74) is 0.690. The van der Waals surface area contributed by atoms with Gasteiger partial charge in [-0.25, -0.2) is 0 Å². The monoisotopic (exact) mass is 272 g/mol. The molecule has 6 heteroatoms. The highest BCUT2D eigenvalue weighted by atomic mass is 31.2. The number of Topliss-reactive ketones (excluding diaryl/α,β-unsaturated/α-hetero) is 1. The maximum Gasteiger partial charge on any atom is 0.337 e. The number of carbonyl (C=O) groups excluding carboxylic acids is 1. The van der Waals surface area contributed by atoms with Crippen molar-refractivity contribution in [1.82, 2.24) is 0 Å². The Hall–Kier alpha value is -1.16. The minimum atomic E-state index is -3.28. The second-order valence-corrected chi connectivity index (χ2v) is 6.07. The first-order valence-electron chi connectivity index (χ1n) is 5.50. The van der Waals surface area contributed by atoms with Crippen molar-refractivity contribution in [1.29, 1.82) is 0 Å². The highest BCUT2D eigenvalue weighted by Gasteiger charge is 2.25. The Bertz CT molecular complexity index is 450. The predicted octanol–water partition coefficient (Wildman–Crippen LogP) is 2.38. The van der Waals surface area contributed by atoms with Gasteiger partial charge in [-0.05, 0) is 18.1 Å². The maximum absolute atomic E-state index is 11.7. The Labute approximate surface area is 106 Å². The van der Waals surface area contributed by atoms with Gasteiger partial charge in [0.05, 0.1) is 0 Å². The number of phenolic OH excluding ortho intramolecular Hbond substituents is 1. The molecule has 0 aliphatic carbocycles. The maximum atomic E-state index is 11.7. The lowest BCUT2D eigenvalue weighted by molar-refractivity contribution is -0.116. The van der Waals surface area contributed by atoms with Crippen LogP contribution >= 0.6 is 7.60 Å². The predicted molar refractivity (Wildman–Crippen MR) is 67.9 cm³/mol. The summed E-state index contributed by atoms with van der Waals surface area (Å²) >= 11 is 0. The summed E-state index contributed by atoms with van der Waals surface area (Å²) in [5, 5.41) is 9.53. The molecule has 0 bridgehead atoms. The van der Waals surface area contributed by atoms with Gasteiger partial charge in [-0.2, -0.15) is 0 Å². The van der Waals surface area contributed by atoms with E-state index in [-0.39, 0.29) is 24.1 Å². The van der Waals surface area contributed by atoms with E-state index in [9.17, 15) is 14.5 Å². The first-order chi connectivity index (χ1) is 8.50. The number of hydrogen-bond acceptors (Lipinski definition) is 5.